The summed E-state index contributed by atoms with van der Waals surface area (Å²) in [6.45, 7) is 2.33. The highest BCUT2D eigenvalue weighted by atomic mass is 16.5. The molecule has 0 radical (unpaired) electrons. The lowest BCUT2D eigenvalue weighted by atomic mass is 10.1. The molecule has 0 unspecified atom stereocenters. The van der Waals surface area contributed by atoms with Crippen LogP contribution < -0.4 is 4.74 Å². The second kappa shape index (κ2) is 6.78. The third-order valence-corrected chi connectivity index (χ3v) is 3.89. The number of nitrogens with zero attached hydrogens (tertiary/aromatic N) is 4. The van der Waals surface area contributed by atoms with Crippen LogP contribution in [0.25, 0.3) is 0 Å². The fourth-order valence-electron chi connectivity index (χ4n) is 2.60. The zero-order valence-corrected chi connectivity index (χ0v) is 13.4. The van der Waals surface area contributed by atoms with Crippen LogP contribution in [0.1, 0.15) is 21.7 Å². The van der Waals surface area contributed by atoms with Crippen molar-refractivity contribution in [2.45, 2.75) is 19.5 Å². The van der Waals surface area contributed by atoms with Crippen molar-refractivity contribution in [3.8, 4) is 5.75 Å². The van der Waals surface area contributed by atoms with Gasteiger partial charge in [0.25, 0.3) is 5.91 Å². The average molecular weight is 316 g/mol. The summed E-state index contributed by atoms with van der Waals surface area (Å²) in [5.74, 6) is 1.58. The number of benzene rings is 1. The van der Waals surface area contributed by atoms with Crippen molar-refractivity contribution in [1.82, 2.24) is 19.7 Å². The number of rotatable bonds is 6. The maximum absolute atomic E-state index is 12.6. The summed E-state index contributed by atoms with van der Waals surface area (Å²) < 4.78 is 12.4. The standard InChI is InChI=1S/C16H20N4O3/c1-19(10-15-18-17-11-20(15)6-8-22-2)16(21)13-3-4-14-12(9-13)5-7-23-14/h3-4,9,11H,5-8,10H2,1-2H3. The molecule has 1 aliphatic heterocycles. The van der Waals surface area contributed by atoms with E-state index in [1.54, 1.807) is 31.5 Å². The zero-order valence-electron chi connectivity index (χ0n) is 13.4. The van der Waals surface area contributed by atoms with Gasteiger partial charge in [-0.05, 0) is 23.8 Å². The monoisotopic (exact) mass is 316 g/mol. The highest BCUT2D eigenvalue weighted by Gasteiger charge is 2.18. The molecule has 0 fully saturated rings. The van der Waals surface area contributed by atoms with Gasteiger partial charge in [-0.1, -0.05) is 0 Å². The fraction of sp³-hybridized carbons (Fsp3) is 0.438. The second-order valence-electron chi connectivity index (χ2n) is 5.52. The van der Waals surface area contributed by atoms with Gasteiger partial charge in [0, 0.05) is 32.7 Å². The van der Waals surface area contributed by atoms with Gasteiger partial charge < -0.3 is 18.9 Å². The first kappa shape index (κ1) is 15.5. The Labute approximate surface area is 134 Å². The smallest absolute Gasteiger partial charge is 0.254 e. The SMILES string of the molecule is COCCn1cnnc1CN(C)C(=O)c1ccc2c(c1)CCO2. The van der Waals surface area contributed by atoms with Crippen molar-refractivity contribution in [1.29, 1.82) is 0 Å². The van der Waals surface area contributed by atoms with Crippen LogP contribution in [0.3, 0.4) is 0 Å². The van der Waals surface area contributed by atoms with Gasteiger partial charge in [-0.2, -0.15) is 0 Å². The second-order valence-corrected chi connectivity index (χ2v) is 5.52. The third-order valence-electron chi connectivity index (χ3n) is 3.89. The van der Waals surface area contributed by atoms with Crippen LogP contribution in [-0.4, -0.2) is 52.9 Å². The van der Waals surface area contributed by atoms with Gasteiger partial charge in [0.05, 0.1) is 19.8 Å². The van der Waals surface area contributed by atoms with Gasteiger partial charge in [-0.3, -0.25) is 4.79 Å². The highest BCUT2D eigenvalue weighted by Crippen LogP contribution is 2.26. The molecule has 23 heavy (non-hydrogen) atoms. The van der Waals surface area contributed by atoms with Gasteiger partial charge in [0.15, 0.2) is 5.82 Å². The van der Waals surface area contributed by atoms with E-state index in [4.69, 9.17) is 9.47 Å². The maximum atomic E-state index is 12.6. The molecule has 7 heteroatoms. The Bertz CT molecular complexity index is 698. The lowest BCUT2D eigenvalue weighted by Crippen LogP contribution is -2.28. The largest absolute Gasteiger partial charge is 0.493 e. The van der Waals surface area contributed by atoms with Crippen molar-refractivity contribution in [2.75, 3.05) is 27.4 Å². The number of carbonyl (C=O) groups is 1. The lowest BCUT2D eigenvalue weighted by Gasteiger charge is -2.17. The highest BCUT2D eigenvalue weighted by molar-refractivity contribution is 5.94. The molecule has 2 aromatic rings. The van der Waals surface area contributed by atoms with Crippen LogP contribution in [0, 0.1) is 0 Å². The van der Waals surface area contributed by atoms with E-state index >= 15 is 0 Å². The quantitative estimate of drug-likeness (QED) is 0.799. The van der Waals surface area contributed by atoms with Crippen LogP contribution in [0.2, 0.25) is 0 Å². The molecule has 0 atom stereocenters. The molecule has 0 saturated carbocycles. The predicted molar refractivity (Wildman–Crippen MR) is 83.3 cm³/mol. The van der Waals surface area contributed by atoms with Crippen molar-refractivity contribution in [3.05, 3.63) is 41.5 Å². The van der Waals surface area contributed by atoms with Crippen molar-refractivity contribution in [3.63, 3.8) is 0 Å². The summed E-state index contributed by atoms with van der Waals surface area (Å²) >= 11 is 0. The molecule has 1 amide bonds. The van der Waals surface area contributed by atoms with Crippen molar-refractivity contribution >= 4 is 5.91 Å². The minimum Gasteiger partial charge on any atom is -0.493 e. The number of hydrogen-bond donors (Lipinski definition) is 0. The van der Waals surface area contributed by atoms with Crippen LogP contribution in [-0.2, 0) is 24.2 Å². The minimum absolute atomic E-state index is 0.0407. The van der Waals surface area contributed by atoms with Crippen LogP contribution >= 0.6 is 0 Å². The number of amides is 1. The van der Waals surface area contributed by atoms with E-state index in [1.165, 1.54) is 0 Å². The summed E-state index contributed by atoms with van der Waals surface area (Å²) in [7, 11) is 3.42. The summed E-state index contributed by atoms with van der Waals surface area (Å²) in [5, 5.41) is 8.00. The van der Waals surface area contributed by atoms with Crippen LogP contribution in [0.15, 0.2) is 24.5 Å². The molecule has 0 saturated heterocycles. The number of fused-ring (bicyclic) bond motifs is 1. The van der Waals surface area contributed by atoms with E-state index in [0.29, 0.717) is 31.9 Å². The Balaban J connectivity index is 1.69. The number of aromatic nitrogens is 3. The summed E-state index contributed by atoms with van der Waals surface area (Å²) in [6, 6.07) is 5.58. The Morgan fingerprint density at radius 3 is 3.17 bits per heavy atom. The number of carbonyl (C=O) groups excluding carboxylic acids is 1. The van der Waals surface area contributed by atoms with Crippen LogP contribution in [0.4, 0.5) is 0 Å². The molecule has 1 aromatic carbocycles. The molecule has 3 rings (SSSR count). The van der Waals surface area contributed by atoms with Crippen LogP contribution in [0.5, 0.6) is 5.75 Å². The van der Waals surface area contributed by atoms with Gasteiger partial charge in [0.1, 0.15) is 12.1 Å². The normalized spacial score (nSPS) is 12.8. The topological polar surface area (TPSA) is 69.5 Å². The van der Waals surface area contributed by atoms with E-state index in [0.717, 1.165) is 23.6 Å². The summed E-state index contributed by atoms with van der Waals surface area (Å²) in [4.78, 5) is 14.2. The first-order chi connectivity index (χ1) is 11.2. The minimum atomic E-state index is -0.0407. The zero-order chi connectivity index (χ0) is 16.2. The van der Waals surface area contributed by atoms with Gasteiger partial charge in [-0.25, -0.2) is 0 Å². The van der Waals surface area contributed by atoms with E-state index < -0.39 is 0 Å². The Morgan fingerprint density at radius 1 is 1.48 bits per heavy atom. The summed E-state index contributed by atoms with van der Waals surface area (Å²) in [6.07, 6.45) is 2.50. The third kappa shape index (κ3) is 3.34. The number of hydrogen-bond acceptors (Lipinski definition) is 5. The first-order valence-corrected chi connectivity index (χ1v) is 7.56. The van der Waals surface area contributed by atoms with Crippen molar-refractivity contribution < 1.29 is 14.3 Å². The maximum Gasteiger partial charge on any atom is 0.254 e. The van der Waals surface area contributed by atoms with Gasteiger partial charge in [0.2, 0.25) is 0 Å². The molecule has 0 N–H and O–H groups in total. The first-order valence-electron chi connectivity index (χ1n) is 7.56. The van der Waals surface area contributed by atoms with E-state index in [9.17, 15) is 4.79 Å². The van der Waals surface area contributed by atoms with E-state index in [1.807, 2.05) is 16.7 Å². The molecule has 122 valence electrons. The van der Waals surface area contributed by atoms with Gasteiger partial charge in [-0.15, -0.1) is 10.2 Å². The van der Waals surface area contributed by atoms with E-state index in [2.05, 4.69) is 10.2 Å². The van der Waals surface area contributed by atoms with Crippen molar-refractivity contribution in [2.24, 2.45) is 0 Å². The Hall–Kier alpha value is -2.41. The molecule has 1 aliphatic rings. The lowest BCUT2D eigenvalue weighted by molar-refractivity contribution is 0.0779. The molecule has 7 nitrogen and oxygen atoms in total. The fourth-order valence-corrected chi connectivity index (χ4v) is 2.60. The predicted octanol–water partition coefficient (Wildman–Crippen LogP) is 1.13. The molecule has 0 bridgehead atoms. The Morgan fingerprint density at radius 2 is 2.35 bits per heavy atom. The molecule has 2 heterocycles. The average Bonchev–Trinajstić information content (AvgIpc) is 3.20. The number of ether oxygens (including phenoxy) is 2. The molecule has 0 spiro atoms. The molecule has 1 aromatic heterocycles. The van der Waals surface area contributed by atoms with E-state index in [-0.39, 0.29) is 5.91 Å². The number of methoxy groups -OCH3 is 1. The Kier molecular flexibility index (Phi) is 4.57. The molecular formula is C16H20N4O3. The molecular weight excluding hydrogens is 296 g/mol. The summed E-state index contributed by atoms with van der Waals surface area (Å²) in [5.41, 5.74) is 1.76. The van der Waals surface area contributed by atoms with Gasteiger partial charge >= 0.3 is 0 Å². The molecule has 0 aliphatic carbocycles.